The van der Waals surface area contributed by atoms with Gasteiger partial charge in [-0.2, -0.15) is 10.5 Å². The number of carboxylic acid groups (broad SMARTS) is 1. The summed E-state index contributed by atoms with van der Waals surface area (Å²) in [5.41, 5.74) is -1.50. The molecular formula is C11H14N2O3. The second-order valence-electron chi connectivity index (χ2n) is 3.38. The molecule has 0 saturated heterocycles. The lowest BCUT2D eigenvalue weighted by atomic mass is 9.77. The van der Waals surface area contributed by atoms with E-state index < -0.39 is 11.4 Å². The minimum Gasteiger partial charge on any atom is -0.511 e. The SMILES string of the molecule is C/C=C(/O)C(CCC#N)(CCC#N)C(=O)O. The van der Waals surface area contributed by atoms with Gasteiger partial charge in [0, 0.05) is 12.8 Å². The molecule has 0 saturated carbocycles. The van der Waals surface area contributed by atoms with Gasteiger partial charge in [-0.1, -0.05) is 0 Å². The van der Waals surface area contributed by atoms with Gasteiger partial charge in [-0.25, -0.2) is 0 Å². The smallest absolute Gasteiger partial charge is 0.317 e. The van der Waals surface area contributed by atoms with Crippen LogP contribution in [0.1, 0.15) is 32.6 Å². The number of rotatable bonds is 6. The van der Waals surface area contributed by atoms with Crippen molar-refractivity contribution in [1.82, 2.24) is 0 Å². The Morgan fingerprint density at radius 2 is 1.69 bits per heavy atom. The normalized spacial score (nSPS) is 11.6. The summed E-state index contributed by atoms with van der Waals surface area (Å²) in [6.07, 6.45) is 1.36. The van der Waals surface area contributed by atoms with E-state index in [1.165, 1.54) is 13.0 Å². The van der Waals surface area contributed by atoms with Crippen molar-refractivity contribution in [3.63, 3.8) is 0 Å². The summed E-state index contributed by atoms with van der Waals surface area (Å²) in [5.74, 6) is -1.49. The third-order valence-corrected chi connectivity index (χ3v) is 2.50. The average molecular weight is 222 g/mol. The Balaban J connectivity index is 5.16. The highest BCUT2D eigenvalue weighted by atomic mass is 16.4. The first-order valence-electron chi connectivity index (χ1n) is 4.88. The molecule has 0 amide bonds. The molecule has 0 heterocycles. The molecule has 0 atom stereocenters. The molecule has 0 aromatic rings. The molecule has 5 heteroatoms. The Kier molecular flexibility index (Phi) is 5.66. The molecule has 0 aromatic carbocycles. The highest BCUT2D eigenvalue weighted by Crippen LogP contribution is 2.36. The maximum atomic E-state index is 11.2. The van der Waals surface area contributed by atoms with Crippen LogP contribution < -0.4 is 0 Å². The first-order valence-corrected chi connectivity index (χ1v) is 4.88. The van der Waals surface area contributed by atoms with Crippen molar-refractivity contribution in [2.75, 3.05) is 0 Å². The summed E-state index contributed by atoms with van der Waals surface area (Å²) in [7, 11) is 0. The van der Waals surface area contributed by atoms with Gasteiger partial charge < -0.3 is 10.2 Å². The zero-order valence-electron chi connectivity index (χ0n) is 9.10. The molecule has 0 aliphatic rings. The predicted octanol–water partition coefficient (Wildman–Crippen LogP) is 2.13. The second kappa shape index (κ2) is 6.47. The zero-order valence-corrected chi connectivity index (χ0v) is 9.10. The number of nitriles is 2. The molecule has 0 aromatic heterocycles. The molecule has 0 bridgehead atoms. The maximum Gasteiger partial charge on any atom is 0.317 e. The lowest BCUT2D eigenvalue weighted by Gasteiger charge is -2.27. The number of carbonyl (C=O) groups is 1. The van der Waals surface area contributed by atoms with Crippen LogP contribution in [-0.2, 0) is 4.79 Å². The van der Waals surface area contributed by atoms with Crippen molar-refractivity contribution in [2.24, 2.45) is 5.41 Å². The molecule has 5 nitrogen and oxygen atoms in total. The molecule has 0 radical (unpaired) electrons. The van der Waals surface area contributed by atoms with Crippen molar-refractivity contribution < 1.29 is 15.0 Å². The summed E-state index contributed by atoms with van der Waals surface area (Å²) in [6.45, 7) is 1.52. The first-order chi connectivity index (χ1) is 7.55. The number of allylic oxidation sites excluding steroid dienone is 1. The maximum absolute atomic E-state index is 11.2. The predicted molar refractivity (Wildman–Crippen MR) is 56.1 cm³/mol. The second-order valence-corrected chi connectivity index (χ2v) is 3.38. The van der Waals surface area contributed by atoms with Crippen molar-refractivity contribution in [3.8, 4) is 12.1 Å². The molecular weight excluding hydrogens is 208 g/mol. The Labute approximate surface area is 94.2 Å². The highest BCUT2D eigenvalue weighted by molar-refractivity contribution is 5.78. The summed E-state index contributed by atoms with van der Waals surface area (Å²) in [4.78, 5) is 11.2. The summed E-state index contributed by atoms with van der Waals surface area (Å²) in [5, 5.41) is 35.8. The molecule has 0 rings (SSSR count). The number of aliphatic hydroxyl groups excluding tert-OH is 1. The minimum atomic E-state index is -1.50. The van der Waals surface area contributed by atoms with Crippen LogP contribution in [-0.4, -0.2) is 16.2 Å². The lowest BCUT2D eigenvalue weighted by Crippen LogP contribution is -2.33. The number of aliphatic hydroxyl groups is 1. The van der Waals surface area contributed by atoms with Gasteiger partial charge >= 0.3 is 5.97 Å². The Bertz CT molecular complexity index is 342. The van der Waals surface area contributed by atoms with Crippen LogP contribution in [0.5, 0.6) is 0 Å². The zero-order chi connectivity index (χ0) is 12.6. The van der Waals surface area contributed by atoms with Crippen LogP contribution >= 0.6 is 0 Å². The monoisotopic (exact) mass is 222 g/mol. The Morgan fingerprint density at radius 3 is 1.94 bits per heavy atom. The Hall–Kier alpha value is -2.01. The van der Waals surface area contributed by atoms with Gasteiger partial charge in [-0.15, -0.1) is 0 Å². The van der Waals surface area contributed by atoms with Gasteiger partial charge in [0.1, 0.15) is 11.2 Å². The van der Waals surface area contributed by atoms with Crippen molar-refractivity contribution in [1.29, 1.82) is 10.5 Å². The van der Waals surface area contributed by atoms with Crippen LogP contribution in [0.3, 0.4) is 0 Å². The fourth-order valence-electron chi connectivity index (χ4n) is 1.52. The number of hydrogen-bond donors (Lipinski definition) is 2. The van der Waals surface area contributed by atoms with E-state index in [4.69, 9.17) is 15.6 Å². The molecule has 0 aliphatic heterocycles. The van der Waals surface area contributed by atoms with Gasteiger partial charge in [0.15, 0.2) is 0 Å². The molecule has 0 unspecified atom stereocenters. The topological polar surface area (TPSA) is 105 Å². The van der Waals surface area contributed by atoms with Crippen LogP contribution in [0.4, 0.5) is 0 Å². The van der Waals surface area contributed by atoms with E-state index in [0.29, 0.717) is 0 Å². The van der Waals surface area contributed by atoms with Gasteiger partial charge in [-0.3, -0.25) is 4.79 Å². The summed E-state index contributed by atoms with van der Waals surface area (Å²) in [6, 6.07) is 3.70. The van der Waals surface area contributed by atoms with Gasteiger partial charge in [0.05, 0.1) is 12.1 Å². The average Bonchev–Trinajstić information content (AvgIpc) is 2.28. The van der Waals surface area contributed by atoms with Crippen LogP contribution in [0.2, 0.25) is 0 Å². The quantitative estimate of drug-likeness (QED) is 0.669. The molecule has 0 spiro atoms. The third-order valence-electron chi connectivity index (χ3n) is 2.50. The molecule has 16 heavy (non-hydrogen) atoms. The van der Waals surface area contributed by atoms with E-state index in [-0.39, 0.29) is 31.4 Å². The van der Waals surface area contributed by atoms with E-state index in [1.807, 2.05) is 12.1 Å². The number of carboxylic acids is 1. The first kappa shape index (κ1) is 14.0. The van der Waals surface area contributed by atoms with Gasteiger partial charge in [0.2, 0.25) is 0 Å². The Morgan fingerprint density at radius 1 is 1.25 bits per heavy atom. The molecule has 86 valence electrons. The van der Waals surface area contributed by atoms with Gasteiger partial charge in [-0.05, 0) is 25.8 Å². The molecule has 0 fully saturated rings. The van der Waals surface area contributed by atoms with E-state index in [2.05, 4.69) is 0 Å². The van der Waals surface area contributed by atoms with E-state index >= 15 is 0 Å². The standard InChI is InChI=1S/C11H14N2O3/c1-2-9(14)11(10(15)16,5-3-7-12)6-4-8-13/h2,14H,3-6H2,1H3,(H,15,16)/b9-2+. The van der Waals surface area contributed by atoms with Gasteiger partial charge in [0.25, 0.3) is 0 Å². The highest BCUT2D eigenvalue weighted by Gasteiger charge is 2.41. The van der Waals surface area contributed by atoms with Crippen molar-refractivity contribution in [2.45, 2.75) is 32.6 Å². The van der Waals surface area contributed by atoms with E-state index in [0.717, 1.165) is 0 Å². The van der Waals surface area contributed by atoms with Crippen molar-refractivity contribution in [3.05, 3.63) is 11.8 Å². The van der Waals surface area contributed by atoms with Crippen molar-refractivity contribution >= 4 is 5.97 Å². The van der Waals surface area contributed by atoms with Crippen LogP contribution in [0, 0.1) is 28.1 Å². The summed E-state index contributed by atoms with van der Waals surface area (Å²) < 4.78 is 0. The minimum absolute atomic E-state index is 0.0106. The molecule has 0 aliphatic carbocycles. The summed E-state index contributed by atoms with van der Waals surface area (Å²) >= 11 is 0. The van der Waals surface area contributed by atoms with Crippen LogP contribution in [0.15, 0.2) is 11.8 Å². The van der Waals surface area contributed by atoms with E-state index in [1.54, 1.807) is 0 Å². The number of hydrogen-bond acceptors (Lipinski definition) is 4. The number of nitrogens with zero attached hydrogens (tertiary/aromatic N) is 2. The fourth-order valence-corrected chi connectivity index (χ4v) is 1.52. The lowest BCUT2D eigenvalue weighted by molar-refractivity contribution is -0.149. The van der Waals surface area contributed by atoms with E-state index in [9.17, 15) is 9.90 Å². The number of aliphatic carboxylic acids is 1. The van der Waals surface area contributed by atoms with Crippen LogP contribution in [0.25, 0.3) is 0 Å². The fraction of sp³-hybridized carbons (Fsp3) is 0.545. The largest absolute Gasteiger partial charge is 0.511 e. The molecule has 2 N–H and O–H groups in total. The third kappa shape index (κ3) is 2.99.